The second-order valence-corrected chi connectivity index (χ2v) is 7.58. The van der Waals surface area contributed by atoms with E-state index >= 15 is 0 Å². The smallest absolute Gasteiger partial charge is 0.513 e. The Bertz CT molecular complexity index is 1060. The summed E-state index contributed by atoms with van der Waals surface area (Å²) in [6, 6.07) is 7.67. The van der Waals surface area contributed by atoms with E-state index in [-0.39, 0.29) is 17.3 Å². The number of pyridine rings is 1. The average Bonchev–Trinajstić information content (AvgIpc) is 2.95. The lowest BCUT2D eigenvalue weighted by molar-refractivity contribution is -0.286. The molecule has 0 spiro atoms. The number of nitrogens with zero attached hydrogens (tertiary/aromatic N) is 1. The number of anilines is 1. The second kappa shape index (κ2) is 7.44. The largest absolute Gasteiger partial charge is 0.586 e. The van der Waals surface area contributed by atoms with Gasteiger partial charge in [-0.1, -0.05) is 18.7 Å². The van der Waals surface area contributed by atoms with Gasteiger partial charge in [-0.15, -0.1) is 8.78 Å². The van der Waals surface area contributed by atoms with Crippen molar-refractivity contribution in [3.05, 3.63) is 65.6 Å². The number of carbonyl (C=O) groups is 1. The zero-order valence-electron chi connectivity index (χ0n) is 17.0. The predicted octanol–water partition coefficient (Wildman–Crippen LogP) is 5.10. The number of aliphatic hydroxyl groups excluding tert-OH is 1. The number of amides is 1. The lowest BCUT2D eigenvalue weighted by Crippen LogP contribution is -2.35. The van der Waals surface area contributed by atoms with Crippen molar-refractivity contribution in [1.82, 2.24) is 4.98 Å². The number of nitrogens with one attached hydrogen (secondary N) is 1. The minimum absolute atomic E-state index is 0.0875. The van der Waals surface area contributed by atoms with Crippen LogP contribution in [-0.4, -0.2) is 22.3 Å². The molecule has 0 fully saturated rings. The number of aryl methyl sites for hydroxylation is 1. The molecular formula is C22H22F2N2O4. The van der Waals surface area contributed by atoms with E-state index < -0.39 is 17.6 Å². The molecule has 2 N–H and O–H groups in total. The highest BCUT2D eigenvalue weighted by molar-refractivity contribution is 5.98. The summed E-state index contributed by atoms with van der Waals surface area (Å²) in [5.74, 6) is -0.224. The molecule has 1 aromatic heterocycles. The minimum atomic E-state index is -3.72. The van der Waals surface area contributed by atoms with Crippen LogP contribution in [0.5, 0.6) is 11.5 Å². The summed E-state index contributed by atoms with van der Waals surface area (Å²) in [5.41, 5.74) is 1.24. The summed E-state index contributed by atoms with van der Waals surface area (Å²) in [7, 11) is 0. The lowest BCUT2D eigenvalue weighted by Gasteiger charge is -2.24. The highest BCUT2D eigenvalue weighted by Gasteiger charge is 2.44. The number of hydrogen-bond donors (Lipinski definition) is 2. The van der Waals surface area contributed by atoms with Gasteiger partial charge < -0.3 is 19.9 Å². The number of fused-ring (bicyclic) bond motifs is 1. The van der Waals surface area contributed by atoms with E-state index in [1.165, 1.54) is 31.2 Å². The molecule has 8 heteroatoms. The van der Waals surface area contributed by atoms with Crippen LogP contribution in [0.15, 0.2) is 48.7 Å². The highest BCUT2D eigenvalue weighted by Crippen LogP contribution is 2.43. The topological polar surface area (TPSA) is 80.7 Å². The summed E-state index contributed by atoms with van der Waals surface area (Å²) in [5, 5.41) is 12.2. The fourth-order valence-electron chi connectivity index (χ4n) is 2.99. The van der Waals surface area contributed by atoms with Gasteiger partial charge in [0.15, 0.2) is 11.5 Å². The van der Waals surface area contributed by atoms with Crippen LogP contribution in [0.2, 0.25) is 0 Å². The van der Waals surface area contributed by atoms with Crippen molar-refractivity contribution >= 4 is 17.3 Å². The Labute approximate surface area is 172 Å². The van der Waals surface area contributed by atoms with E-state index in [2.05, 4.69) is 26.4 Å². The van der Waals surface area contributed by atoms with Crippen LogP contribution >= 0.6 is 0 Å². The Morgan fingerprint density at radius 1 is 1.23 bits per heavy atom. The third-order valence-electron chi connectivity index (χ3n) is 4.72. The fourth-order valence-corrected chi connectivity index (χ4v) is 2.99. The van der Waals surface area contributed by atoms with Crippen LogP contribution < -0.4 is 14.8 Å². The number of carbonyl (C=O) groups excluding carboxylic acids is 1. The van der Waals surface area contributed by atoms with E-state index in [1.54, 1.807) is 26.0 Å². The van der Waals surface area contributed by atoms with Gasteiger partial charge in [0.05, 0.1) is 16.9 Å². The maximum absolute atomic E-state index is 13.3. The van der Waals surface area contributed by atoms with Crippen molar-refractivity contribution in [3.63, 3.8) is 0 Å². The van der Waals surface area contributed by atoms with Gasteiger partial charge in [0.2, 0.25) is 5.91 Å². The van der Waals surface area contributed by atoms with Crippen molar-refractivity contribution in [3.8, 4) is 11.5 Å². The first-order chi connectivity index (χ1) is 13.9. The molecule has 30 heavy (non-hydrogen) atoms. The number of benzene rings is 1. The van der Waals surface area contributed by atoms with Gasteiger partial charge >= 0.3 is 6.29 Å². The molecule has 158 valence electrons. The van der Waals surface area contributed by atoms with Crippen molar-refractivity contribution in [1.29, 1.82) is 0 Å². The molecule has 1 amide bonds. The van der Waals surface area contributed by atoms with Crippen LogP contribution in [0, 0.1) is 6.92 Å². The third kappa shape index (κ3) is 4.27. The van der Waals surface area contributed by atoms with Crippen LogP contribution in [0.1, 0.15) is 37.6 Å². The molecule has 2 heterocycles. The lowest BCUT2D eigenvalue weighted by atomic mass is 9.83. The Kier molecular flexibility index (Phi) is 5.28. The molecule has 3 rings (SSSR count). The SMILES string of the molecule is C=C(/C=C(\C)O)c1nc(NC(=O)C(C)(C)c2ccc3c(c2)OC(F)(F)O3)ccc1C. The van der Waals surface area contributed by atoms with Gasteiger partial charge in [-0.25, -0.2) is 4.98 Å². The Morgan fingerprint density at radius 2 is 1.90 bits per heavy atom. The molecule has 0 radical (unpaired) electrons. The fraction of sp³-hybridized carbons (Fsp3) is 0.273. The Morgan fingerprint density at radius 3 is 2.57 bits per heavy atom. The van der Waals surface area contributed by atoms with Gasteiger partial charge in [-0.05, 0) is 68.7 Å². The van der Waals surface area contributed by atoms with E-state index in [0.29, 0.717) is 22.6 Å². The van der Waals surface area contributed by atoms with Gasteiger partial charge in [0, 0.05) is 0 Å². The average molecular weight is 416 g/mol. The molecule has 0 unspecified atom stereocenters. The van der Waals surface area contributed by atoms with Crippen LogP contribution in [0.25, 0.3) is 5.57 Å². The zero-order chi connectivity index (χ0) is 22.3. The summed E-state index contributed by atoms with van der Waals surface area (Å²) in [4.78, 5) is 17.4. The number of rotatable bonds is 5. The van der Waals surface area contributed by atoms with Crippen molar-refractivity contribution < 1.29 is 28.2 Å². The van der Waals surface area contributed by atoms with Gasteiger partial charge in [-0.2, -0.15) is 0 Å². The number of hydrogen-bond acceptors (Lipinski definition) is 5. The maximum Gasteiger partial charge on any atom is 0.586 e. The Balaban J connectivity index is 1.84. The molecule has 0 bridgehead atoms. The van der Waals surface area contributed by atoms with Crippen LogP contribution in [-0.2, 0) is 10.2 Å². The van der Waals surface area contributed by atoms with Crippen LogP contribution in [0.3, 0.4) is 0 Å². The first-order valence-electron chi connectivity index (χ1n) is 9.15. The normalized spacial score (nSPS) is 15.1. The number of ether oxygens (including phenoxy) is 2. The maximum atomic E-state index is 13.3. The van der Waals surface area contributed by atoms with Crippen molar-refractivity contribution in [2.75, 3.05) is 5.32 Å². The molecule has 0 atom stereocenters. The number of aliphatic hydroxyl groups is 1. The van der Waals surface area contributed by atoms with Gasteiger partial charge in [-0.3, -0.25) is 4.79 Å². The minimum Gasteiger partial charge on any atom is -0.513 e. The molecule has 0 saturated heterocycles. The number of allylic oxidation sites excluding steroid dienone is 3. The van der Waals surface area contributed by atoms with Gasteiger partial charge in [0.25, 0.3) is 0 Å². The summed E-state index contributed by atoms with van der Waals surface area (Å²) in [6.07, 6.45) is -2.24. The van der Waals surface area contributed by atoms with E-state index in [4.69, 9.17) is 0 Å². The van der Waals surface area contributed by atoms with Crippen LogP contribution in [0.4, 0.5) is 14.6 Å². The summed E-state index contributed by atoms with van der Waals surface area (Å²) in [6.45, 7) is 10.6. The van der Waals surface area contributed by atoms with E-state index in [9.17, 15) is 18.7 Å². The molecular weight excluding hydrogens is 394 g/mol. The third-order valence-corrected chi connectivity index (χ3v) is 4.72. The first-order valence-corrected chi connectivity index (χ1v) is 9.15. The number of aromatic nitrogens is 1. The summed E-state index contributed by atoms with van der Waals surface area (Å²) >= 11 is 0. The van der Waals surface area contributed by atoms with Gasteiger partial charge in [0.1, 0.15) is 5.82 Å². The van der Waals surface area contributed by atoms with E-state index in [0.717, 1.165) is 5.56 Å². The monoisotopic (exact) mass is 416 g/mol. The van der Waals surface area contributed by atoms with E-state index in [1.807, 2.05) is 6.92 Å². The zero-order valence-corrected chi connectivity index (χ0v) is 17.0. The number of alkyl halides is 2. The highest BCUT2D eigenvalue weighted by atomic mass is 19.3. The molecule has 1 aliphatic rings. The molecule has 6 nitrogen and oxygen atoms in total. The first kappa shape index (κ1) is 21.3. The standard InChI is InChI=1S/C22H22F2N2O4/c1-12-6-9-18(25-19(12)13(2)10-14(3)27)26-20(28)21(4,5)15-7-8-16-17(11-15)30-22(23,24)29-16/h6-11,27H,2H2,1,3-5H3,(H,25,26,28)/b14-10+. The molecule has 0 aliphatic carbocycles. The van der Waals surface area contributed by atoms with Crippen molar-refractivity contribution in [2.45, 2.75) is 39.4 Å². The number of halogens is 2. The van der Waals surface area contributed by atoms with Crippen molar-refractivity contribution in [2.24, 2.45) is 0 Å². The molecule has 1 aliphatic heterocycles. The molecule has 0 saturated carbocycles. The quantitative estimate of drug-likeness (QED) is 0.523. The predicted molar refractivity (Wildman–Crippen MR) is 109 cm³/mol. The second-order valence-electron chi connectivity index (χ2n) is 7.58. The Hall–Kier alpha value is -3.42. The molecule has 1 aromatic carbocycles. The summed E-state index contributed by atoms with van der Waals surface area (Å²) < 4.78 is 35.4. The molecule has 2 aromatic rings.